The molecule has 0 radical (unpaired) electrons. The largest absolute Gasteiger partial charge is 0.395 e. The molecular formula is C11H22N2O2. The summed E-state index contributed by atoms with van der Waals surface area (Å²) in [7, 11) is 0. The molecule has 2 N–H and O–H groups in total. The number of carbonyl (C=O) groups is 1. The molecule has 0 spiro atoms. The third-order valence-electron chi connectivity index (χ3n) is 3.11. The first-order valence-electron chi connectivity index (χ1n) is 5.64. The number of carbonyl (C=O) groups excluding carboxylic acids is 1. The molecule has 0 aromatic carbocycles. The van der Waals surface area contributed by atoms with Gasteiger partial charge in [0.1, 0.15) is 0 Å². The van der Waals surface area contributed by atoms with Crippen molar-refractivity contribution in [3.8, 4) is 0 Å². The normalized spacial score (nSPS) is 25.9. The smallest absolute Gasteiger partial charge is 0.230 e. The molecule has 1 amide bonds. The topological polar surface area (TPSA) is 52.6 Å². The quantitative estimate of drug-likeness (QED) is 0.703. The first kappa shape index (κ1) is 12.5. The van der Waals surface area contributed by atoms with Gasteiger partial charge in [-0.05, 0) is 33.7 Å². The summed E-state index contributed by atoms with van der Waals surface area (Å²) in [6.07, 6.45) is 0.889. The van der Waals surface area contributed by atoms with Crippen LogP contribution in [0.25, 0.3) is 0 Å². The van der Waals surface area contributed by atoms with E-state index in [0.717, 1.165) is 19.5 Å². The maximum absolute atomic E-state index is 12.3. The summed E-state index contributed by atoms with van der Waals surface area (Å²) in [5, 5.41) is 12.2. The van der Waals surface area contributed by atoms with Crippen molar-refractivity contribution in [2.45, 2.75) is 33.2 Å². The highest BCUT2D eigenvalue weighted by Crippen LogP contribution is 2.27. The zero-order valence-corrected chi connectivity index (χ0v) is 9.92. The molecule has 1 atom stereocenters. The van der Waals surface area contributed by atoms with Gasteiger partial charge in [0.15, 0.2) is 0 Å². The fourth-order valence-electron chi connectivity index (χ4n) is 2.05. The van der Waals surface area contributed by atoms with Gasteiger partial charge in [-0.15, -0.1) is 0 Å². The van der Waals surface area contributed by atoms with E-state index in [1.807, 2.05) is 20.8 Å². The van der Waals surface area contributed by atoms with E-state index in [9.17, 15) is 4.79 Å². The molecule has 1 aliphatic heterocycles. The molecule has 0 aromatic rings. The maximum Gasteiger partial charge on any atom is 0.230 e. The number of nitrogens with one attached hydrogen (secondary N) is 1. The van der Waals surface area contributed by atoms with Gasteiger partial charge in [-0.25, -0.2) is 0 Å². The number of hydrogen-bond donors (Lipinski definition) is 2. The van der Waals surface area contributed by atoms with Crippen LogP contribution in [0.3, 0.4) is 0 Å². The molecule has 0 aromatic heterocycles. The van der Waals surface area contributed by atoms with Crippen molar-refractivity contribution in [3.05, 3.63) is 0 Å². The molecule has 1 fully saturated rings. The molecule has 15 heavy (non-hydrogen) atoms. The Morgan fingerprint density at radius 3 is 2.67 bits per heavy atom. The molecule has 1 aliphatic rings. The molecule has 4 nitrogen and oxygen atoms in total. The van der Waals surface area contributed by atoms with Gasteiger partial charge in [0.25, 0.3) is 0 Å². The van der Waals surface area contributed by atoms with Crippen LogP contribution in [0.2, 0.25) is 0 Å². The Kier molecular flexibility index (Phi) is 4.11. The summed E-state index contributed by atoms with van der Waals surface area (Å²) in [4.78, 5) is 14.0. The molecular weight excluding hydrogens is 192 g/mol. The average Bonchev–Trinajstić information content (AvgIpc) is 2.61. The van der Waals surface area contributed by atoms with Crippen LogP contribution in [0, 0.1) is 5.41 Å². The van der Waals surface area contributed by atoms with E-state index >= 15 is 0 Å². The average molecular weight is 214 g/mol. The zero-order chi connectivity index (χ0) is 11.5. The van der Waals surface area contributed by atoms with Crippen LogP contribution in [0.1, 0.15) is 27.2 Å². The van der Waals surface area contributed by atoms with Crippen molar-refractivity contribution in [2.24, 2.45) is 5.41 Å². The summed E-state index contributed by atoms with van der Waals surface area (Å²) < 4.78 is 0. The SMILES string of the molecule is CC(C)N(CCO)C(=O)C1(C)CCNC1. The predicted molar refractivity (Wildman–Crippen MR) is 59.5 cm³/mol. The van der Waals surface area contributed by atoms with Crippen molar-refractivity contribution in [1.29, 1.82) is 0 Å². The van der Waals surface area contributed by atoms with E-state index in [4.69, 9.17) is 5.11 Å². The molecule has 1 heterocycles. The van der Waals surface area contributed by atoms with Gasteiger partial charge in [0, 0.05) is 19.1 Å². The van der Waals surface area contributed by atoms with E-state index in [1.165, 1.54) is 0 Å². The minimum absolute atomic E-state index is 0.0351. The third kappa shape index (κ3) is 2.69. The van der Waals surface area contributed by atoms with Crippen LogP contribution in [-0.2, 0) is 4.79 Å². The monoisotopic (exact) mass is 214 g/mol. The van der Waals surface area contributed by atoms with Gasteiger partial charge in [-0.2, -0.15) is 0 Å². The fourth-order valence-corrected chi connectivity index (χ4v) is 2.05. The second-order valence-electron chi connectivity index (χ2n) is 4.80. The minimum atomic E-state index is -0.278. The molecule has 1 rings (SSSR count). The number of nitrogens with zero attached hydrogens (tertiary/aromatic N) is 1. The van der Waals surface area contributed by atoms with Gasteiger partial charge < -0.3 is 15.3 Å². The minimum Gasteiger partial charge on any atom is -0.395 e. The molecule has 88 valence electrons. The fraction of sp³-hybridized carbons (Fsp3) is 0.909. The van der Waals surface area contributed by atoms with Crippen LogP contribution < -0.4 is 5.32 Å². The van der Waals surface area contributed by atoms with E-state index in [0.29, 0.717) is 6.54 Å². The third-order valence-corrected chi connectivity index (χ3v) is 3.11. The number of aliphatic hydroxyl groups excluding tert-OH is 1. The number of amides is 1. The van der Waals surface area contributed by atoms with Crippen LogP contribution >= 0.6 is 0 Å². The lowest BCUT2D eigenvalue weighted by Crippen LogP contribution is -2.48. The van der Waals surface area contributed by atoms with Crippen LogP contribution in [0.15, 0.2) is 0 Å². The first-order chi connectivity index (χ1) is 7.01. The lowest BCUT2D eigenvalue weighted by Gasteiger charge is -2.33. The number of aliphatic hydroxyl groups is 1. The Balaban J connectivity index is 2.70. The summed E-state index contributed by atoms with van der Waals surface area (Å²) in [5.74, 6) is 0.163. The van der Waals surface area contributed by atoms with Gasteiger partial charge in [0.2, 0.25) is 5.91 Å². The van der Waals surface area contributed by atoms with Gasteiger partial charge >= 0.3 is 0 Å². The summed E-state index contributed by atoms with van der Waals surface area (Å²) in [6.45, 7) is 8.11. The zero-order valence-electron chi connectivity index (χ0n) is 9.92. The van der Waals surface area contributed by atoms with Crippen molar-refractivity contribution < 1.29 is 9.90 Å². The van der Waals surface area contributed by atoms with Gasteiger partial charge in [-0.1, -0.05) is 0 Å². The van der Waals surface area contributed by atoms with Crippen LogP contribution in [-0.4, -0.2) is 48.2 Å². The highest BCUT2D eigenvalue weighted by atomic mass is 16.3. The lowest BCUT2D eigenvalue weighted by molar-refractivity contribution is -0.142. The van der Waals surface area contributed by atoms with Crippen LogP contribution in [0.5, 0.6) is 0 Å². The standard InChI is InChI=1S/C11H22N2O2/c1-9(2)13(6-7-14)10(15)11(3)4-5-12-8-11/h9,12,14H,4-8H2,1-3H3. The van der Waals surface area contributed by atoms with Crippen molar-refractivity contribution in [1.82, 2.24) is 10.2 Å². The Hall–Kier alpha value is -0.610. The van der Waals surface area contributed by atoms with Crippen molar-refractivity contribution >= 4 is 5.91 Å². The molecule has 4 heteroatoms. The van der Waals surface area contributed by atoms with E-state index in [1.54, 1.807) is 4.90 Å². The van der Waals surface area contributed by atoms with Gasteiger partial charge in [-0.3, -0.25) is 4.79 Å². The summed E-state index contributed by atoms with van der Waals surface area (Å²) in [6, 6.07) is 0.155. The summed E-state index contributed by atoms with van der Waals surface area (Å²) >= 11 is 0. The second-order valence-corrected chi connectivity index (χ2v) is 4.80. The van der Waals surface area contributed by atoms with Crippen molar-refractivity contribution in [3.63, 3.8) is 0 Å². The Morgan fingerprint density at radius 1 is 1.60 bits per heavy atom. The Morgan fingerprint density at radius 2 is 2.27 bits per heavy atom. The lowest BCUT2D eigenvalue weighted by atomic mass is 9.87. The maximum atomic E-state index is 12.3. The number of rotatable bonds is 4. The molecule has 0 saturated carbocycles. The highest BCUT2D eigenvalue weighted by Gasteiger charge is 2.39. The highest BCUT2D eigenvalue weighted by molar-refractivity contribution is 5.83. The Bertz CT molecular complexity index is 223. The molecule has 1 saturated heterocycles. The van der Waals surface area contributed by atoms with E-state index in [-0.39, 0.29) is 24.0 Å². The summed E-state index contributed by atoms with van der Waals surface area (Å²) in [5.41, 5.74) is -0.278. The van der Waals surface area contributed by atoms with Crippen LogP contribution in [0.4, 0.5) is 0 Å². The molecule has 1 unspecified atom stereocenters. The van der Waals surface area contributed by atoms with Gasteiger partial charge in [0.05, 0.1) is 12.0 Å². The molecule has 0 aliphatic carbocycles. The molecule has 0 bridgehead atoms. The van der Waals surface area contributed by atoms with E-state index < -0.39 is 0 Å². The number of hydrogen-bond acceptors (Lipinski definition) is 3. The first-order valence-corrected chi connectivity index (χ1v) is 5.64. The Labute approximate surface area is 91.6 Å². The van der Waals surface area contributed by atoms with Crippen molar-refractivity contribution in [2.75, 3.05) is 26.2 Å². The second kappa shape index (κ2) is 4.94. The predicted octanol–water partition coefficient (Wildman–Crippen LogP) is 0.215. The van der Waals surface area contributed by atoms with E-state index in [2.05, 4.69) is 5.32 Å².